The molecule has 5 nitrogen and oxygen atoms in total. The van der Waals surface area contributed by atoms with E-state index in [0.717, 1.165) is 12.1 Å². The van der Waals surface area contributed by atoms with Crippen LogP contribution in [0.1, 0.15) is 43.2 Å². The lowest BCUT2D eigenvalue weighted by Gasteiger charge is -2.23. The first-order valence-corrected chi connectivity index (χ1v) is 7.12. The summed E-state index contributed by atoms with van der Waals surface area (Å²) in [5, 5.41) is 15.3. The van der Waals surface area contributed by atoms with Crippen LogP contribution in [0.3, 0.4) is 0 Å². The molecule has 0 saturated heterocycles. The number of benzene rings is 1. The van der Waals surface area contributed by atoms with Crippen molar-refractivity contribution in [3.05, 3.63) is 29.3 Å². The van der Waals surface area contributed by atoms with Gasteiger partial charge in [0.05, 0.1) is 12.7 Å². The van der Waals surface area contributed by atoms with Crippen LogP contribution in [0, 0.1) is 0 Å². The summed E-state index contributed by atoms with van der Waals surface area (Å²) in [5.74, 6) is 0.692. The molecule has 1 aromatic rings. The molecule has 1 aliphatic rings. The number of nitrogens with one attached hydrogen (secondary N) is 1. The van der Waals surface area contributed by atoms with E-state index in [1.807, 2.05) is 18.2 Å². The van der Waals surface area contributed by atoms with Crippen LogP contribution in [0.15, 0.2) is 23.4 Å². The number of amidine groups is 1. The number of hydrogen-bond donors (Lipinski definition) is 3. The maximum atomic E-state index is 8.75. The summed E-state index contributed by atoms with van der Waals surface area (Å²) >= 11 is 0. The number of nitrogens with two attached hydrogens (primary N) is 1. The zero-order chi connectivity index (χ0) is 14.4. The second kappa shape index (κ2) is 7.14. The van der Waals surface area contributed by atoms with Crippen molar-refractivity contribution in [3.8, 4) is 5.75 Å². The number of methoxy groups -OCH3 is 1. The van der Waals surface area contributed by atoms with Crippen molar-refractivity contribution in [1.29, 1.82) is 0 Å². The molecule has 20 heavy (non-hydrogen) atoms. The van der Waals surface area contributed by atoms with Crippen LogP contribution in [0.2, 0.25) is 0 Å². The lowest BCUT2D eigenvalue weighted by molar-refractivity contribution is 0.318. The van der Waals surface area contributed by atoms with Gasteiger partial charge < -0.3 is 21.0 Å². The summed E-state index contributed by atoms with van der Waals surface area (Å²) < 4.78 is 5.30. The fraction of sp³-hybridized carbons (Fsp3) is 0.533. The van der Waals surface area contributed by atoms with Crippen molar-refractivity contribution < 1.29 is 9.94 Å². The topological polar surface area (TPSA) is 79.9 Å². The summed E-state index contributed by atoms with van der Waals surface area (Å²) in [6.07, 6.45) is 6.53. The standard InChI is InChI=1S/C15H23N3O2/c1-20-14-9-11(7-8-13(14)15(16)18-19)10-17-12-5-3-2-4-6-12/h7-9,12,17,19H,2-6,10H2,1H3,(H2,16,18). The Bertz CT molecular complexity index is 468. The van der Waals surface area contributed by atoms with Gasteiger partial charge in [-0.1, -0.05) is 30.5 Å². The third-order valence-corrected chi connectivity index (χ3v) is 3.85. The largest absolute Gasteiger partial charge is 0.496 e. The first-order chi connectivity index (χ1) is 9.74. The molecule has 0 amide bonds. The molecule has 0 aromatic heterocycles. The molecule has 5 heteroatoms. The molecule has 0 spiro atoms. The molecule has 2 rings (SSSR count). The van der Waals surface area contributed by atoms with Gasteiger partial charge in [-0.25, -0.2) is 0 Å². The van der Waals surface area contributed by atoms with Gasteiger partial charge >= 0.3 is 0 Å². The Morgan fingerprint density at radius 2 is 2.15 bits per heavy atom. The van der Waals surface area contributed by atoms with E-state index in [-0.39, 0.29) is 5.84 Å². The zero-order valence-electron chi connectivity index (χ0n) is 11.9. The molecule has 0 unspecified atom stereocenters. The van der Waals surface area contributed by atoms with Crippen LogP contribution >= 0.6 is 0 Å². The lowest BCUT2D eigenvalue weighted by atomic mass is 9.95. The highest BCUT2D eigenvalue weighted by Gasteiger charge is 2.13. The number of hydrogen-bond acceptors (Lipinski definition) is 4. The summed E-state index contributed by atoms with van der Waals surface area (Å²) in [7, 11) is 1.59. The molecule has 0 radical (unpaired) electrons. The van der Waals surface area contributed by atoms with Gasteiger partial charge in [0, 0.05) is 12.6 Å². The maximum absolute atomic E-state index is 8.75. The van der Waals surface area contributed by atoms with Gasteiger partial charge in [-0.15, -0.1) is 0 Å². The van der Waals surface area contributed by atoms with Crippen LogP contribution in [-0.2, 0) is 6.54 Å². The van der Waals surface area contributed by atoms with Gasteiger partial charge in [0.25, 0.3) is 0 Å². The van der Waals surface area contributed by atoms with E-state index in [0.29, 0.717) is 17.4 Å². The SMILES string of the molecule is COc1cc(CNC2CCCCC2)ccc1/C(N)=N/O. The molecular weight excluding hydrogens is 254 g/mol. The third-order valence-electron chi connectivity index (χ3n) is 3.85. The second-order valence-electron chi connectivity index (χ2n) is 5.24. The van der Waals surface area contributed by atoms with E-state index in [1.54, 1.807) is 7.11 Å². The molecule has 0 bridgehead atoms. The van der Waals surface area contributed by atoms with Crippen LogP contribution in [-0.4, -0.2) is 24.2 Å². The Kier molecular flexibility index (Phi) is 5.24. The predicted molar refractivity (Wildman–Crippen MR) is 79.2 cm³/mol. The Hall–Kier alpha value is -1.75. The minimum Gasteiger partial charge on any atom is -0.496 e. The van der Waals surface area contributed by atoms with Gasteiger partial charge in [-0.3, -0.25) is 0 Å². The highest BCUT2D eigenvalue weighted by Crippen LogP contribution is 2.21. The van der Waals surface area contributed by atoms with Crippen molar-refractivity contribution in [2.45, 2.75) is 44.7 Å². The van der Waals surface area contributed by atoms with E-state index in [4.69, 9.17) is 15.7 Å². The normalized spacial score (nSPS) is 17.1. The Morgan fingerprint density at radius 3 is 2.80 bits per heavy atom. The van der Waals surface area contributed by atoms with Crippen molar-refractivity contribution in [2.75, 3.05) is 7.11 Å². The van der Waals surface area contributed by atoms with Crippen LogP contribution in [0.5, 0.6) is 5.75 Å². The van der Waals surface area contributed by atoms with Gasteiger partial charge in [-0.05, 0) is 30.5 Å². The van der Waals surface area contributed by atoms with Crippen molar-refractivity contribution in [1.82, 2.24) is 5.32 Å². The average molecular weight is 277 g/mol. The highest BCUT2D eigenvalue weighted by molar-refractivity contribution is 5.99. The lowest BCUT2D eigenvalue weighted by Crippen LogP contribution is -2.30. The van der Waals surface area contributed by atoms with Crippen molar-refractivity contribution in [3.63, 3.8) is 0 Å². The Balaban J connectivity index is 2.01. The van der Waals surface area contributed by atoms with Gasteiger partial charge in [0.2, 0.25) is 0 Å². The molecule has 0 aliphatic heterocycles. The van der Waals surface area contributed by atoms with Crippen LogP contribution in [0.4, 0.5) is 0 Å². The molecule has 1 fully saturated rings. The summed E-state index contributed by atoms with van der Waals surface area (Å²) in [5.41, 5.74) is 7.36. The van der Waals surface area contributed by atoms with E-state index < -0.39 is 0 Å². The van der Waals surface area contributed by atoms with Crippen molar-refractivity contribution in [2.24, 2.45) is 10.9 Å². The van der Waals surface area contributed by atoms with Gasteiger partial charge in [0.1, 0.15) is 5.75 Å². The second-order valence-corrected chi connectivity index (χ2v) is 5.24. The fourth-order valence-corrected chi connectivity index (χ4v) is 2.68. The van der Waals surface area contributed by atoms with E-state index in [1.165, 1.54) is 32.1 Å². The molecule has 1 aromatic carbocycles. The van der Waals surface area contributed by atoms with Crippen molar-refractivity contribution >= 4 is 5.84 Å². The Labute approximate surface area is 119 Å². The highest BCUT2D eigenvalue weighted by atomic mass is 16.5. The number of oxime groups is 1. The monoisotopic (exact) mass is 277 g/mol. The van der Waals surface area contributed by atoms with E-state index in [9.17, 15) is 0 Å². The third kappa shape index (κ3) is 3.63. The predicted octanol–water partition coefficient (Wildman–Crippen LogP) is 2.21. The van der Waals surface area contributed by atoms with Gasteiger partial charge in [0.15, 0.2) is 5.84 Å². The van der Waals surface area contributed by atoms with Crippen LogP contribution < -0.4 is 15.8 Å². The van der Waals surface area contributed by atoms with E-state index in [2.05, 4.69) is 10.5 Å². The average Bonchev–Trinajstić information content (AvgIpc) is 2.52. The first kappa shape index (κ1) is 14.7. The summed E-state index contributed by atoms with van der Waals surface area (Å²) in [6, 6.07) is 6.36. The van der Waals surface area contributed by atoms with Gasteiger partial charge in [-0.2, -0.15) is 0 Å². The smallest absolute Gasteiger partial charge is 0.173 e. The minimum absolute atomic E-state index is 0.0636. The first-order valence-electron chi connectivity index (χ1n) is 7.12. The summed E-state index contributed by atoms with van der Waals surface area (Å²) in [6.45, 7) is 0.817. The molecular formula is C15H23N3O2. The quantitative estimate of drug-likeness (QED) is 0.334. The van der Waals surface area contributed by atoms with E-state index >= 15 is 0 Å². The van der Waals surface area contributed by atoms with Crippen LogP contribution in [0.25, 0.3) is 0 Å². The molecule has 4 N–H and O–H groups in total. The molecule has 0 atom stereocenters. The molecule has 1 aliphatic carbocycles. The number of rotatable bonds is 5. The maximum Gasteiger partial charge on any atom is 0.173 e. The zero-order valence-corrected chi connectivity index (χ0v) is 11.9. The molecule has 1 saturated carbocycles. The molecule has 0 heterocycles. The minimum atomic E-state index is 0.0636. The fourth-order valence-electron chi connectivity index (χ4n) is 2.68. The number of ether oxygens (including phenoxy) is 1. The summed E-state index contributed by atoms with van der Waals surface area (Å²) in [4.78, 5) is 0. The molecule has 110 valence electrons. The Morgan fingerprint density at radius 1 is 1.40 bits per heavy atom. The number of nitrogens with zero attached hydrogens (tertiary/aromatic N) is 1.